The maximum atomic E-state index is 2.74. The summed E-state index contributed by atoms with van der Waals surface area (Å²) in [7, 11) is 0. The second-order valence-electron chi connectivity index (χ2n) is 12.5. The van der Waals surface area contributed by atoms with Crippen LogP contribution >= 0.6 is 0 Å². The zero-order valence-electron chi connectivity index (χ0n) is 19.9. The van der Waals surface area contributed by atoms with Crippen LogP contribution in [0.5, 0.6) is 0 Å². The Morgan fingerprint density at radius 2 is 1.71 bits per heavy atom. The van der Waals surface area contributed by atoms with Crippen molar-refractivity contribution in [2.75, 3.05) is 0 Å². The molecule has 0 spiro atoms. The molecule has 4 aliphatic carbocycles. The molecule has 28 heavy (non-hydrogen) atoms. The Morgan fingerprint density at radius 3 is 2.46 bits per heavy atom. The minimum atomic E-state index is 0.568. The van der Waals surface area contributed by atoms with Gasteiger partial charge in [-0.2, -0.15) is 0 Å². The Labute approximate surface area is 176 Å². The van der Waals surface area contributed by atoms with Gasteiger partial charge >= 0.3 is 0 Å². The lowest BCUT2D eigenvalue weighted by Gasteiger charge is -2.58. The monoisotopic (exact) mass is 384 g/mol. The fourth-order valence-electron chi connectivity index (χ4n) is 8.73. The normalized spacial score (nSPS) is 45.0. The molecule has 3 saturated carbocycles. The van der Waals surface area contributed by atoms with Crippen LogP contribution in [0.1, 0.15) is 112 Å². The molecule has 0 aromatic heterocycles. The molecule has 4 rings (SSSR count). The second-order valence-corrected chi connectivity index (χ2v) is 12.5. The number of hydrogen-bond donors (Lipinski definition) is 0. The minimum Gasteiger partial charge on any atom is -0.0845 e. The van der Waals surface area contributed by atoms with Crippen LogP contribution in [0.3, 0.4) is 0 Å². The van der Waals surface area contributed by atoms with E-state index in [1.54, 1.807) is 0 Å². The summed E-state index contributed by atoms with van der Waals surface area (Å²) < 4.78 is 0. The van der Waals surface area contributed by atoms with Crippen LogP contribution < -0.4 is 0 Å². The van der Waals surface area contributed by atoms with Crippen molar-refractivity contribution in [3.05, 3.63) is 11.6 Å². The van der Waals surface area contributed by atoms with E-state index in [4.69, 9.17) is 0 Å². The van der Waals surface area contributed by atoms with Crippen molar-refractivity contribution in [2.45, 2.75) is 112 Å². The third kappa shape index (κ3) is 3.33. The Hall–Kier alpha value is -0.260. The van der Waals surface area contributed by atoms with Gasteiger partial charge in [-0.1, -0.05) is 72.5 Å². The highest BCUT2D eigenvalue weighted by atomic mass is 14.6. The molecule has 0 aliphatic heterocycles. The minimum absolute atomic E-state index is 0.568. The molecule has 0 nitrogen and oxygen atoms in total. The molecule has 0 saturated heterocycles. The molecule has 0 N–H and O–H groups in total. The van der Waals surface area contributed by atoms with Crippen molar-refractivity contribution < 1.29 is 0 Å². The van der Waals surface area contributed by atoms with Crippen LogP contribution in [0.4, 0.5) is 0 Å². The van der Waals surface area contributed by atoms with Gasteiger partial charge in [0.1, 0.15) is 0 Å². The fourth-order valence-corrected chi connectivity index (χ4v) is 8.73. The highest BCUT2D eigenvalue weighted by Crippen LogP contribution is 2.67. The average molecular weight is 385 g/mol. The summed E-state index contributed by atoms with van der Waals surface area (Å²) in [5, 5.41) is 0. The Bertz CT molecular complexity index is 585. The molecule has 160 valence electrons. The lowest BCUT2D eigenvalue weighted by molar-refractivity contribution is -0.0502. The highest BCUT2D eigenvalue weighted by molar-refractivity contribution is 5.24. The van der Waals surface area contributed by atoms with Crippen LogP contribution in [0.15, 0.2) is 11.6 Å². The van der Waals surface area contributed by atoms with E-state index in [2.05, 4.69) is 47.6 Å². The standard InChI is InChI=1S/C28H48/c1-19(2)20(3)10-11-21(4)24-14-15-25-23-13-12-22-9-7-8-17-27(22,5)26(23)16-18-28(24,25)6/h12,19-21,23-26H,7-11,13-18H2,1-6H3/t20?,21-,23+,24-,25+,26+,27+,28-/m1/s1. The third-order valence-corrected chi connectivity index (χ3v) is 11.0. The first-order chi connectivity index (χ1) is 13.3. The highest BCUT2D eigenvalue weighted by Gasteiger charge is 2.58. The summed E-state index contributed by atoms with van der Waals surface area (Å²) in [5.41, 5.74) is 3.07. The Morgan fingerprint density at radius 1 is 0.929 bits per heavy atom. The number of allylic oxidation sites excluding steroid dienone is 2. The van der Waals surface area contributed by atoms with E-state index in [0.717, 1.165) is 41.4 Å². The van der Waals surface area contributed by atoms with Gasteiger partial charge < -0.3 is 0 Å². The van der Waals surface area contributed by atoms with Crippen molar-refractivity contribution in [2.24, 2.45) is 52.3 Å². The summed E-state index contributed by atoms with van der Waals surface area (Å²) in [6.07, 6.45) is 19.0. The molecule has 0 aromatic rings. The summed E-state index contributed by atoms with van der Waals surface area (Å²) in [6, 6.07) is 0. The molecular formula is C28H48. The predicted octanol–water partition coefficient (Wildman–Crippen LogP) is 8.66. The fraction of sp³-hybridized carbons (Fsp3) is 0.929. The molecule has 0 bridgehead atoms. The van der Waals surface area contributed by atoms with Crippen molar-refractivity contribution in [1.82, 2.24) is 0 Å². The van der Waals surface area contributed by atoms with Crippen LogP contribution in [-0.2, 0) is 0 Å². The molecule has 0 heterocycles. The van der Waals surface area contributed by atoms with Gasteiger partial charge in [0.05, 0.1) is 0 Å². The number of fused-ring (bicyclic) bond motifs is 5. The summed E-state index contributed by atoms with van der Waals surface area (Å²) in [5.74, 6) is 6.65. The molecule has 8 atom stereocenters. The van der Waals surface area contributed by atoms with E-state index in [1.807, 2.05) is 5.57 Å². The van der Waals surface area contributed by atoms with E-state index >= 15 is 0 Å². The smallest absolute Gasteiger partial charge is 0.00853 e. The summed E-state index contributed by atoms with van der Waals surface area (Å²) in [4.78, 5) is 0. The quantitative estimate of drug-likeness (QED) is 0.416. The van der Waals surface area contributed by atoms with E-state index in [0.29, 0.717) is 10.8 Å². The molecular weight excluding hydrogens is 336 g/mol. The van der Waals surface area contributed by atoms with Gasteiger partial charge in [-0.15, -0.1) is 0 Å². The first kappa shape index (κ1) is 21.0. The van der Waals surface area contributed by atoms with E-state index < -0.39 is 0 Å². The Kier molecular flexibility index (Phi) is 5.83. The molecule has 4 aliphatic rings. The first-order valence-corrected chi connectivity index (χ1v) is 13.0. The van der Waals surface area contributed by atoms with E-state index in [1.165, 1.54) is 70.6 Å². The average Bonchev–Trinajstić information content (AvgIpc) is 3.02. The lowest BCUT2D eigenvalue weighted by Crippen LogP contribution is -2.50. The van der Waals surface area contributed by atoms with Gasteiger partial charge in [0.25, 0.3) is 0 Å². The molecule has 0 aromatic carbocycles. The van der Waals surface area contributed by atoms with Crippen LogP contribution in [0.2, 0.25) is 0 Å². The van der Waals surface area contributed by atoms with Crippen molar-refractivity contribution in [3.63, 3.8) is 0 Å². The van der Waals surface area contributed by atoms with E-state index in [9.17, 15) is 0 Å². The van der Waals surface area contributed by atoms with Gasteiger partial charge in [-0.25, -0.2) is 0 Å². The van der Waals surface area contributed by atoms with Crippen molar-refractivity contribution >= 4 is 0 Å². The SMILES string of the molecule is CC(C)C(C)CC[C@@H](C)[C@H]1CC[C@H]2[C@@H]3CC=C4CCCC[C@]4(C)[C@H]3CC[C@]12C. The number of hydrogen-bond acceptors (Lipinski definition) is 0. The maximum Gasteiger partial charge on any atom is -0.00853 e. The molecule has 0 amide bonds. The zero-order chi connectivity index (χ0) is 20.1. The lowest BCUT2D eigenvalue weighted by atomic mass is 9.47. The Balaban J connectivity index is 1.48. The summed E-state index contributed by atoms with van der Waals surface area (Å²) >= 11 is 0. The van der Waals surface area contributed by atoms with Gasteiger partial charge in [-0.05, 0) is 104 Å². The molecule has 1 unspecified atom stereocenters. The zero-order valence-corrected chi connectivity index (χ0v) is 19.9. The van der Waals surface area contributed by atoms with Crippen LogP contribution in [-0.4, -0.2) is 0 Å². The van der Waals surface area contributed by atoms with Gasteiger partial charge in [0, 0.05) is 0 Å². The molecule has 0 heteroatoms. The van der Waals surface area contributed by atoms with Gasteiger partial charge in [0.15, 0.2) is 0 Å². The number of rotatable bonds is 5. The van der Waals surface area contributed by atoms with Gasteiger partial charge in [-0.3, -0.25) is 0 Å². The maximum absolute atomic E-state index is 2.74. The molecule has 3 fully saturated rings. The van der Waals surface area contributed by atoms with Crippen LogP contribution in [0.25, 0.3) is 0 Å². The first-order valence-electron chi connectivity index (χ1n) is 13.0. The van der Waals surface area contributed by atoms with Crippen molar-refractivity contribution in [1.29, 1.82) is 0 Å². The predicted molar refractivity (Wildman–Crippen MR) is 122 cm³/mol. The second kappa shape index (κ2) is 7.77. The van der Waals surface area contributed by atoms with Crippen LogP contribution in [0, 0.1) is 52.3 Å². The van der Waals surface area contributed by atoms with Gasteiger partial charge in [0.2, 0.25) is 0 Å². The summed E-state index contributed by atoms with van der Waals surface area (Å²) in [6.45, 7) is 15.3. The van der Waals surface area contributed by atoms with Crippen molar-refractivity contribution in [3.8, 4) is 0 Å². The topological polar surface area (TPSA) is 0 Å². The van der Waals surface area contributed by atoms with E-state index in [-0.39, 0.29) is 0 Å². The third-order valence-electron chi connectivity index (χ3n) is 11.0. The molecule has 0 radical (unpaired) electrons. The largest absolute Gasteiger partial charge is 0.0845 e.